The van der Waals surface area contributed by atoms with Crippen LogP contribution in [0.1, 0.15) is 51.0 Å². The van der Waals surface area contributed by atoms with Gasteiger partial charge in [0.1, 0.15) is 5.69 Å². The van der Waals surface area contributed by atoms with E-state index in [1.807, 2.05) is 16.0 Å². The van der Waals surface area contributed by atoms with Crippen LogP contribution in [-0.4, -0.2) is 28.3 Å². The summed E-state index contributed by atoms with van der Waals surface area (Å²) in [6, 6.07) is 0.431. The highest BCUT2D eigenvalue weighted by Gasteiger charge is 2.24. The molecule has 0 saturated carbocycles. The first-order valence-electron chi connectivity index (χ1n) is 7.29. The molecule has 4 nitrogen and oxygen atoms in total. The van der Waals surface area contributed by atoms with E-state index in [1.165, 1.54) is 0 Å². The first-order chi connectivity index (χ1) is 9.62. The minimum atomic E-state index is 0.431. The number of hydrogen-bond donors (Lipinski definition) is 0. The number of carbonyl (C=O) groups is 1. The fraction of sp³-hybridized carbons (Fsp3) is 0.600. The van der Waals surface area contributed by atoms with E-state index in [0.29, 0.717) is 17.7 Å². The molecule has 0 aliphatic carbocycles. The second-order valence-corrected chi connectivity index (χ2v) is 6.38. The summed E-state index contributed by atoms with van der Waals surface area (Å²) in [5.41, 5.74) is 0.675. The van der Waals surface area contributed by atoms with Gasteiger partial charge in [0.2, 0.25) is 0 Å². The van der Waals surface area contributed by atoms with Crippen molar-refractivity contribution in [1.29, 1.82) is 0 Å². The Kier molecular flexibility index (Phi) is 4.81. The summed E-state index contributed by atoms with van der Waals surface area (Å²) in [7, 11) is 0. The summed E-state index contributed by atoms with van der Waals surface area (Å²) in [5, 5.41) is 1.96. The van der Waals surface area contributed by atoms with Crippen LogP contribution in [0.5, 0.6) is 0 Å². The molecular weight excluding hydrogens is 270 g/mol. The van der Waals surface area contributed by atoms with E-state index < -0.39 is 0 Å². The van der Waals surface area contributed by atoms with Crippen molar-refractivity contribution in [2.45, 2.75) is 46.6 Å². The Hall–Kier alpha value is -1.36. The van der Waals surface area contributed by atoms with E-state index in [1.54, 1.807) is 11.3 Å². The van der Waals surface area contributed by atoms with Gasteiger partial charge in [-0.1, -0.05) is 27.7 Å². The zero-order valence-electron chi connectivity index (χ0n) is 12.7. The highest BCUT2D eigenvalue weighted by atomic mass is 32.1. The first-order valence-corrected chi connectivity index (χ1v) is 8.17. The van der Waals surface area contributed by atoms with Gasteiger partial charge in [0, 0.05) is 24.2 Å². The average molecular weight is 293 g/mol. The topological polar surface area (TPSA) is 37.6 Å². The molecule has 0 unspecified atom stereocenters. The largest absolute Gasteiger partial charge is 0.351 e. The van der Waals surface area contributed by atoms with Crippen molar-refractivity contribution in [2.24, 2.45) is 5.92 Å². The molecule has 0 aliphatic heterocycles. The molecule has 2 rings (SSSR count). The minimum absolute atomic E-state index is 0.431. The summed E-state index contributed by atoms with van der Waals surface area (Å²) < 4.78 is 1.89. The first kappa shape index (κ1) is 15.0. The van der Waals surface area contributed by atoms with Gasteiger partial charge in [-0.3, -0.25) is 9.20 Å². The number of hydrogen-bond acceptors (Lipinski definition) is 4. The number of rotatable bonds is 7. The second kappa shape index (κ2) is 6.39. The molecule has 2 aromatic heterocycles. The van der Waals surface area contributed by atoms with Gasteiger partial charge < -0.3 is 4.90 Å². The van der Waals surface area contributed by atoms with Crippen LogP contribution >= 0.6 is 11.3 Å². The third-order valence-corrected chi connectivity index (χ3v) is 4.37. The van der Waals surface area contributed by atoms with Gasteiger partial charge >= 0.3 is 0 Å². The van der Waals surface area contributed by atoms with Gasteiger partial charge in [-0.2, -0.15) is 0 Å². The van der Waals surface area contributed by atoms with Gasteiger partial charge in [-0.15, -0.1) is 11.3 Å². The predicted molar refractivity (Wildman–Crippen MR) is 85.0 cm³/mol. The zero-order chi connectivity index (χ0) is 14.7. The van der Waals surface area contributed by atoms with E-state index in [2.05, 4.69) is 37.6 Å². The van der Waals surface area contributed by atoms with Crippen molar-refractivity contribution in [3.63, 3.8) is 0 Å². The van der Waals surface area contributed by atoms with E-state index in [4.69, 9.17) is 0 Å². The molecule has 2 heterocycles. The number of thiazole rings is 1. The maximum atomic E-state index is 11.5. The number of anilines is 1. The van der Waals surface area contributed by atoms with Crippen LogP contribution in [0.15, 0.2) is 11.6 Å². The molecule has 0 aliphatic rings. The molecule has 20 heavy (non-hydrogen) atoms. The van der Waals surface area contributed by atoms with Crippen LogP contribution in [-0.2, 0) is 0 Å². The molecule has 0 saturated heterocycles. The number of nitrogens with zero attached hydrogens (tertiary/aromatic N) is 3. The Bertz CT molecular complexity index is 569. The minimum Gasteiger partial charge on any atom is -0.351 e. The van der Waals surface area contributed by atoms with E-state index in [-0.39, 0.29) is 0 Å². The predicted octanol–water partition coefficient (Wildman–Crippen LogP) is 3.86. The lowest BCUT2D eigenvalue weighted by molar-refractivity contribution is 0.111. The smallest absolute Gasteiger partial charge is 0.196 e. The Morgan fingerprint density at radius 2 is 2.10 bits per heavy atom. The Labute approximate surface area is 124 Å². The van der Waals surface area contributed by atoms with Crippen molar-refractivity contribution >= 4 is 28.4 Å². The van der Waals surface area contributed by atoms with E-state index >= 15 is 0 Å². The number of fused-ring (bicyclic) bond motifs is 1. The lowest BCUT2D eigenvalue weighted by Crippen LogP contribution is -2.38. The summed E-state index contributed by atoms with van der Waals surface area (Å²) in [4.78, 5) is 19.4. The number of carbonyl (C=O) groups excluding carboxylic acids is 1. The van der Waals surface area contributed by atoms with Crippen LogP contribution in [0.4, 0.5) is 5.82 Å². The maximum Gasteiger partial charge on any atom is 0.196 e. The molecule has 5 heteroatoms. The van der Waals surface area contributed by atoms with Crippen LogP contribution in [0.3, 0.4) is 0 Å². The molecule has 0 atom stereocenters. The van der Waals surface area contributed by atoms with E-state index in [9.17, 15) is 4.79 Å². The highest BCUT2D eigenvalue weighted by Crippen LogP contribution is 2.27. The molecular formula is C15H23N3OS. The fourth-order valence-electron chi connectivity index (χ4n) is 2.64. The zero-order valence-corrected chi connectivity index (χ0v) is 13.5. The van der Waals surface area contributed by atoms with Crippen molar-refractivity contribution in [3.8, 4) is 0 Å². The van der Waals surface area contributed by atoms with Crippen molar-refractivity contribution in [1.82, 2.24) is 9.38 Å². The Morgan fingerprint density at radius 3 is 2.65 bits per heavy atom. The van der Waals surface area contributed by atoms with Crippen molar-refractivity contribution < 1.29 is 4.79 Å². The van der Waals surface area contributed by atoms with Crippen molar-refractivity contribution in [3.05, 3.63) is 17.3 Å². The molecule has 0 fully saturated rings. The molecule has 0 amide bonds. The van der Waals surface area contributed by atoms with Gasteiger partial charge in [0.05, 0.1) is 0 Å². The van der Waals surface area contributed by atoms with Gasteiger partial charge in [0.15, 0.2) is 17.1 Å². The van der Waals surface area contributed by atoms with Crippen molar-refractivity contribution in [2.75, 3.05) is 11.4 Å². The molecule has 110 valence electrons. The Morgan fingerprint density at radius 1 is 1.40 bits per heavy atom. The summed E-state index contributed by atoms with van der Waals surface area (Å²) in [5.74, 6) is 1.38. The normalized spacial score (nSPS) is 11.7. The van der Waals surface area contributed by atoms with Gasteiger partial charge in [-0.25, -0.2) is 4.98 Å². The van der Waals surface area contributed by atoms with Crippen LogP contribution < -0.4 is 4.90 Å². The quantitative estimate of drug-likeness (QED) is 0.727. The second-order valence-electron chi connectivity index (χ2n) is 5.51. The number of imidazole rings is 1. The standard InChI is InChI=1S/C15H23N3OS/c1-5-12(6-2)18(9-11(3)4)14-13(10-19)17-7-8-20-15(17)16-14/h7-8,10-12H,5-6,9H2,1-4H3. The SMILES string of the molecule is CCC(CC)N(CC(C)C)c1nc2sccn2c1C=O. The maximum absolute atomic E-state index is 11.5. The average Bonchev–Trinajstić information content (AvgIpc) is 2.98. The third-order valence-electron chi connectivity index (χ3n) is 3.61. The lowest BCUT2D eigenvalue weighted by atomic mass is 10.1. The Balaban J connectivity index is 2.48. The van der Waals surface area contributed by atoms with Crippen LogP contribution in [0.25, 0.3) is 4.96 Å². The summed E-state index contributed by atoms with van der Waals surface area (Å²) in [6.45, 7) is 9.72. The number of aromatic nitrogens is 2. The third kappa shape index (κ3) is 2.73. The monoisotopic (exact) mass is 293 g/mol. The molecule has 0 radical (unpaired) electrons. The lowest BCUT2D eigenvalue weighted by Gasteiger charge is -2.32. The summed E-state index contributed by atoms with van der Waals surface area (Å²) in [6.07, 6.45) is 4.97. The molecule has 0 N–H and O–H groups in total. The highest BCUT2D eigenvalue weighted by molar-refractivity contribution is 7.15. The molecule has 0 spiro atoms. The van der Waals surface area contributed by atoms with Gasteiger partial charge in [0.25, 0.3) is 0 Å². The van der Waals surface area contributed by atoms with E-state index in [0.717, 1.165) is 36.5 Å². The summed E-state index contributed by atoms with van der Waals surface area (Å²) >= 11 is 1.57. The fourth-order valence-corrected chi connectivity index (χ4v) is 3.36. The van der Waals surface area contributed by atoms with Crippen LogP contribution in [0, 0.1) is 5.92 Å². The molecule has 2 aromatic rings. The number of aldehydes is 1. The molecule has 0 bridgehead atoms. The van der Waals surface area contributed by atoms with Crippen LogP contribution in [0.2, 0.25) is 0 Å². The molecule has 0 aromatic carbocycles. The van der Waals surface area contributed by atoms with Gasteiger partial charge in [-0.05, 0) is 18.8 Å².